The van der Waals surface area contributed by atoms with Gasteiger partial charge in [-0.2, -0.15) is 0 Å². The lowest BCUT2D eigenvalue weighted by Gasteiger charge is -2.09. The number of hydrogen-bond acceptors (Lipinski definition) is 3. The molecule has 118 valence electrons. The topological polar surface area (TPSA) is 60.9 Å². The third-order valence-corrected chi connectivity index (χ3v) is 4.50. The summed E-state index contributed by atoms with van der Waals surface area (Å²) in [7, 11) is 0. The minimum atomic E-state index is -0.392. The number of halogens is 1. The van der Waals surface area contributed by atoms with Crippen LogP contribution >= 0.6 is 11.3 Å². The zero-order valence-corrected chi connectivity index (χ0v) is 13.7. The maximum Gasteiger partial charge on any atom is 0.224 e. The Hall–Kier alpha value is -2.47. The third kappa shape index (κ3) is 3.03. The maximum atomic E-state index is 13.5. The first-order valence-corrected chi connectivity index (χ1v) is 8.01. The predicted octanol–water partition coefficient (Wildman–Crippen LogP) is 3.38. The van der Waals surface area contributed by atoms with Crippen molar-refractivity contribution in [2.45, 2.75) is 20.3 Å². The highest BCUT2D eigenvalue weighted by molar-refractivity contribution is 7.10. The second-order valence-corrected chi connectivity index (χ2v) is 6.31. The lowest BCUT2D eigenvalue weighted by Crippen LogP contribution is -2.13. The Morgan fingerprint density at radius 3 is 2.83 bits per heavy atom. The van der Waals surface area contributed by atoms with Gasteiger partial charge in [0.05, 0.1) is 12.1 Å². The predicted molar refractivity (Wildman–Crippen MR) is 89.2 cm³/mol. The molecule has 0 aliphatic rings. The van der Waals surface area contributed by atoms with Crippen LogP contribution in [-0.2, 0) is 11.2 Å². The van der Waals surface area contributed by atoms with E-state index in [0.717, 1.165) is 28.3 Å². The zero-order valence-electron chi connectivity index (χ0n) is 12.8. The molecule has 1 amide bonds. The van der Waals surface area contributed by atoms with Crippen LogP contribution in [0.4, 0.5) is 4.39 Å². The van der Waals surface area contributed by atoms with E-state index in [1.54, 1.807) is 6.07 Å². The van der Waals surface area contributed by atoms with Crippen LogP contribution in [0.5, 0.6) is 0 Å². The van der Waals surface area contributed by atoms with Crippen molar-refractivity contribution in [1.82, 2.24) is 9.55 Å². The van der Waals surface area contributed by atoms with Gasteiger partial charge in [0.1, 0.15) is 10.8 Å². The SMILES string of the molecule is Cc1cc(-c2csc(CC(N)=O)n2)c(C)n1-c1cccc(F)c1. The summed E-state index contributed by atoms with van der Waals surface area (Å²) in [6.45, 7) is 3.94. The molecule has 2 N–H and O–H groups in total. The summed E-state index contributed by atoms with van der Waals surface area (Å²) in [5.41, 5.74) is 9.73. The first-order valence-electron chi connectivity index (χ1n) is 7.13. The van der Waals surface area contributed by atoms with Crippen molar-refractivity contribution >= 4 is 17.2 Å². The van der Waals surface area contributed by atoms with Gasteiger partial charge in [0.25, 0.3) is 0 Å². The van der Waals surface area contributed by atoms with Gasteiger partial charge in [0, 0.05) is 28.0 Å². The number of aryl methyl sites for hydroxylation is 1. The lowest BCUT2D eigenvalue weighted by molar-refractivity contribution is -0.117. The molecule has 2 aromatic heterocycles. The Labute approximate surface area is 137 Å². The van der Waals surface area contributed by atoms with Crippen LogP contribution in [0.25, 0.3) is 16.9 Å². The van der Waals surface area contributed by atoms with Gasteiger partial charge in [0.15, 0.2) is 0 Å². The number of amides is 1. The highest BCUT2D eigenvalue weighted by atomic mass is 32.1. The lowest BCUT2D eigenvalue weighted by atomic mass is 10.2. The quantitative estimate of drug-likeness (QED) is 0.797. The number of nitrogens with zero attached hydrogens (tertiary/aromatic N) is 2. The van der Waals surface area contributed by atoms with E-state index in [-0.39, 0.29) is 12.2 Å². The van der Waals surface area contributed by atoms with Crippen LogP contribution in [-0.4, -0.2) is 15.5 Å². The number of benzene rings is 1. The number of thiazole rings is 1. The monoisotopic (exact) mass is 329 g/mol. The van der Waals surface area contributed by atoms with Gasteiger partial charge in [-0.25, -0.2) is 9.37 Å². The number of aromatic nitrogens is 2. The van der Waals surface area contributed by atoms with E-state index < -0.39 is 5.91 Å². The number of carbonyl (C=O) groups is 1. The largest absolute Gasteiger partial charge is 0.369 e. The number of rotatable bonds is 4. The highest BCUT2D eigenvalue weighted by Gasteiger charge is 2.15. The fourth-order valence-corrected chi connectivity index (χ4v) is 3.50. The summed E-state index contributed by atoms with van der Waals surface area (Å²) in [6, 6.07) is 8.51. The van der Waals surface area contributed by atoms with Crippen LogP contribution in [0, 0.1) is 19.7 Å². The molecule has 0 atom stereocenters. The highest BCUT2D eigenvalue weighted by Crippen LogP contribution is 2.30. The third-order valence-electron chi connectivity index (χ3n) is 3.65. The van der Waals surface area contributed by atoms with Crippen LogP contribution in [0.1, 0.15) is 16.4 Å². The second-order valence-electron chi connectivity index (χ2n) is 5.37. The number of primary amides is 1. The smallest absolute Gasteiger partial charge is 0.224 e. The molecule has 0 unspecified atom stereocenters. The van der Waals surface area contributed by atoms with Crippen LogP contribution in [0.2, 0.25) is 0 Å². The van der Waals surface area contributed by atoms with E-state index in [1.165, 1.54) is 23.5 Å². The molecule has 0 saturated carbocycles. The first-order chi connectivity index (χ1) is 11.0. The fourth-order valence-electron chi connectivity index (χ4n) is 2.70. The van der Waals surface area contributed by atoms with E-state index in [2.05, 4.69) is 4.98 Å². The molecule has 4 nitrogen and oxygen atoms in total. The molecule has 23 heavy (non-hydrogen) atoms. The molecule has 2 heterocycles. The van der Waals surface area contributed by atoms with Gasteiger partial charge in [-0.15, -0.1) is 11.3 Å². The van der Waals surface area contributed by atoms with Crippen molar-refractivity contribution in [3.05, 3.63) is 57.9 Å². The van der Waals surface area contributed by atoms with Crippen molar-refractivity contribution in [2.24, 2.45) is 5.73 Å². The van der Waals surface area contributed by atoms with Crippen molar-refractivity contribution in [2.75, 3.05) is 0 Å². The summed E-state index contributed by atoms with van der Waals surface area (Å²) in [5, 5.41) is 2.61. The molecule has 1 aromatic carbocycles. The van der Waals surface area contributed by atoms with Gasteiger partial charge in [-0.05, 0) is 38.1 Å². The molecule has 0 fully saturated rings. The Kier molecular flexibility index (Phi) is 4.00. The minimum absolute atomic E-state index is 0.146. The average Bonchev–Trinajstić information content (AvgIpc) is 3.03. The summed E-state index contributed by atoms with van der Waals surface area (Å²) in [5.74, 6) is -0.662. The molecule has 0 radical (unpaired) electrons. The summed E-state index contributed by atoms with van der Waals surface area (Å²) in [6.07, 6.45) is 0.146. The van der Waals surface area contributed by atoms with Crippen molar-refractivity contribution in [3.8, 4) is 16.9 Å². The molecule has 0 saturated heterocycles. The van der Waals surface area contributed by atoms with Crippen molar-refractivity contribution in [1.29, 1.82) is 0 Å². The molecule has 3 rings (SSSR count). The number of carbonyl (C=O) groups excluding carboxylic acids is 1. The Morgan fingerprint density at radius 1 is 1.35 bits per heavy atom. The van der Waals surface area contributed by atoms with Crippen LogP contribution in [0.3, 0.4) is 0 Å². The van der Waals surface area contributed by atoms with Crippen molar-refractivity contribution < 1.29 is 9.18 Å². The number of nitrogens with two attached hydrogens (primary N) is 1. The van der Waals surface area contributed by atoms with E-state index in [4.69, 9.17) is 5.73 Å². The molecule has 3 aromatic rings. The summed E-state index contributed by atoms with van der Waals surface area (Å²) >= 11 is 1.41. The van der Waals surface area contributed by atoms with E-state index in [1.807, 2.05) is 35.9 Å². The van der Waals surface area contributed by atoms with Crippen LogP contribution < -0.4 is 5.73 Å². The first kappa shape index (κ1) is 15.4. The Morgan fingerprint density at radius 2 is 2.13 bits per heavy atom. The standard InChI is InChI=1S/C17H16FN3OS/c1-10-6-14(15-9-23-17(20-15)8-16(19)22)11(2)21(10)13-5-3-4-12(18)7-13/h3-7,9H,8H2,1-2H3,(H2,19,22). The molecule has 0 spiro atoms. The van der Waals surface area contributed by atoms with Gasteiger partial charge < -0.3 is 10.3 Å². The normalized spacial score (nSPS) is 10.9. The van der Waals surface area contributed by atoms with Crippen LogP contribution in [0.15, 0.2) is 35.7 Å². The van der Waals surface area contributed by atoms with E-state index in [9.17, 15) is 9.18 Å². The van der Waals surface area contributed by atoms with Gasteiger partial charge in [-0.3, -0.25) is 4.79 Å². The maximum absolute atomic E-state index is 13.5. The second kappa shape index (κ2) is 5.96. The zero-order chi connectivity index (χ0) is 16.6. The Bertz CT molecular complexity index is 882. The number of hydrogen-bond donors (Lipinski definition) is 1. The van der Waals surface area contributed by atoms with Gasteiger partial charge in [-0.1, -0.05) is 6.07 Å². The molecular weight excluding hydrogens is 313 g/mol. The molecule has 0 aliphatic heterocycles. The minimum Gasteiger partial charge on any atom is -0.369 e. The van der Waals surface area contributed by atoms with E-state index >= 15 is 0 Å². The summed E-state index contributed by atoms with van der Waals surface area (Å²) in [4.78, 5) is 15.5. The molecule has 0 aliphatic carbocycles. The van der Waals surface area contributed by atoms with Gasteiger partial charge >= 0.3 is 0 Å². The van der Waals surface area contributed by atoms with Gasteiger partial charge in [0.2, 0.25) is 5.91 Å². The molecule has 6 heteroatoms. The molecular formula is C17H16FN3OS. The van der Waals surface area contributed by atoms with E-state index in [0.29, 0.717) is 5.01 Å². The van der Waals surface area contributed by atoms with Crippen molar-refractivity contribution in [3.63, 3.8) is 0 Å². The summed E-state index contributed by atoms with van der Waals surface area (Å²) < 4.78 is 15.5. The fraction of sp³-hybridized carbons (Fsp3) is 0.176. The molecule has 0 bridgehead atoms. The average molecular weight is 329 g/mol. The Balaban J connectivity index is 2.04.